The predicted octanol–water partition coefficient (Wildman–Crippen LogP) is 4.10. The lowest BCUT2D eigenvalue weighted by Crippen LogP contribution is -2.43. The van der Waals surface area contributed by atoms with Crippen LogP contribution in [-0.4, -0.2) is 49.5 Å². The summed E-state index contributed by atoms with van der Waals surface area (Å²) in [6.45, 7) is 2.31. The van der Waals surface area contributed by atoms with Gasteiger partial charge >= 0.3 is 0 Å². The number of pyridine rings is 1. The number of primary amides is 1. The number of rotatable bonds is 5. The number of carbonyl (C=O) groups is 3. The molecule has 0 saturated carbocycles. The minimum Gasteiger partial charge on any atom is -0.370 e. The molecule has 3 aromatic rings. The fourth-order valence-corrected chi connectivity index (χ4v) is 4.42. The van der Waals surface area contributed by atoms with Gasteiger partial charge in [-0.25, -0.2) is 4.98 Å². The van der Waals surface area contributed by atoms with Gasteiger partial charge in [0.05, 0.1) is 22.9 Å². The van der Waals surface area contributed by atoms with Crippen molar-refractivity contribution >= 4 is 52.4 Å². The number of aromatic nitrogens is 1. The first-order valence-corrected chi connectivity index (χ1v) is 11.5. The fraction of sp³-hybridized carbons (Fsp3) is 0.200. The van der Waals surface area contributed by atoms with Crippen LogP contribution in [0.25, 0.3) is 11.1 Å². The molecule has 0 bridgehead atoms. The molecule has 0 spiro atoms. The van der Waals surface area contributed by atoms with E-state index in [2.05, 4.69) is 4.98 Å². The van der Waals surface area contributed by atoms with Gasteiger partial charge in [-0.3, -0.25) is 19.3 Å². The van der Waals surface area contributed by atoms with E-state index in [0.29, 0.717) is 44.6 Å². The van der Waals surface area contributed by atoms with Crippen molar-refractivity contribution in [3.05, 3.63) is 75.4 Å². The van der Waals surface area contributed by atoms with Crippen molar-refractivity contribution in [1.29, 1.82) is 0 Å². The molecule has 1 aliphatic rings. The van der Waals surface area contributed by atoms with Crippen LogP contribution in [0, 0.1) is 6.92 Å². The Balaban J connectivity index is 1.85. The number of anilines is 2. The van der Waals surface area contributed by atoms with E-state index in [9.17, 15) is 14.4 Å². The highest BCUT2D eigenvalue weighted by Crippen LogP contribution is 2.36. The van der Waals surface area contributed by atoms with Crippen molar-refractivity contribution in [1.82, 2.24) is 4.98 Å². The number of amides is 3. The van der Waals surface area contributed by atoms with Crippen molar-refractivity contribution in [3.8, 4) is 11.1 Å². The first-order chi connectivity index (χ1) is 16.7. The standard InChI is InChI=1S/C25H22Cl2N4O4/c1-14-4-3-5-19(27)22(14)25(34)30(2)24-20(31-8-9-35-13-21(31)32)11-16(12-29-24)17-10-15(23(28)33)6-7-18(17)26/h3-7,10-12H,8-9,13H2,1-2H3,(H2,28,33). The lowest BCUT2D eigenvalue weighted by Gasteiger charge is -2.31. The molecule has 35 heavy (non-hydrogen) atoms. The van der Waals surface area contributed by atoms with Gasteiger partial charge in [-0.2, -0.15) is 0 Å². The van der Waals surface area contributed by atoms with E-state index in [1.807, 2.05) is 0 Å². The van der Waals surface area contributed by atoms with E-state index in [4.69, 9.17) is 33.7 Å². The zero-order chi connectivity index (χ0) is 25.3. The van der Waals surface area contributed by atoms with Gasteiger partial charge in [0.1, 0.15) is 6.61 Å². The number of ether oxygens (including phenoxy) is 1. The average molecular weight is 513 g/mol. The summed E-state index contributed by atoms with van der Waals surface area (Å²) in [5.74, 6) is -0.987. The monoisotopic (exact) mass is 512 g/mol. The third-order valence-electron chi connectivity index (χ3n) is 5.74. The quantitative estimate of drug-likeness (QED) is 0.553. The van der Waals surface area contributed by atoms with E-state index >= 15 is 0 Å². The molecule has 2 heterocycles. The van der Waals surface area contributed by atoms with Crippen molar-refractivity contribution < 1.29 is 19.1 Å². The summed E-state index contributed by atoms with van der Waals surface area (Å²) in [5, 5.41) is 0.692. The van der Waals surface area contributed by atoms with Gasteiger partial charge in [0.2, 0.25) is 5.91 Å². The zero-order valence-corrected chi connectivity index (χ0v) is 20.6. The van der Waals surface area contributed by atoms with Crippen LogP contribution in [0.15, 0.2) is 48.7 Å². The van der Waals surface area contributed by atoms with Gasteiger partial charge < -0.3 is 15.4 Å². The smallest absolute Gasteiger partial charge is 0.261 e. The molecule has 180 valence electrons. The SMILES string of the molecule is Cc1cccc(Cl)c1C(=O)N(C)c1ncc(-c2cc(C(N)=O)ccc2Cl)cc1N1CCOCC1=O. The third-order valence-corrected chi connectivity index (χ3v) is 6.39. The van der Waals surface area contributed by atoms with Gasteiger partial charge in [0.15, 0.2) is 5.82 Å². The minimum atomic E-state index is -0.600. The van der Waals surface area contributed by atoms with Crippen LogP contribution < -0.4 is 15.5 Å². The number of nitrogens with zero attached hydrogens (tertiary/aromatic N) is 3. The van der Waals surface area contributed by atoms with Crippen LogP contribution in [0.3, 0.4) is 0 Å². The van der Waals surface area contributed by atoms with E-state index in [1.165, 1.54) is 22.1 Å². The molecule has 1 aromatic heterocycles. The van der Waals surface area contributed by atoms with E-state index in [1.54, 1.807) is 50.4 Å². The molecule has 0 aliphatic carbocycles. The number of morpholine rings is 1. The molecule has 0 radical (unpaired) electrons. The van der Waals surface area contributed by atoms with Crippen molar-refractivity contribution in [2.45, 2.75) is 6.92 Å². The molecule has 2 N–H and O–H groups in total. The van der Waals surface area contributed by atoms with Crippen molar-refractivity contribution in [2.24, 2.45) is 5.73 Å². The highest BCUT2D eigenvalue weighted by atomic mass is 35.5. The maximum absolute atomic E-state index is 13.4. The lowest BCUT2D eigenvalue weighted by molar-refractivity contribution is -0.125. The molecule has 10 heteroatoms. The Bertz CT molecular complexity index is 1320. The summed E-state index contributed by atoms with van der Waals surface area (Å²) in [4.78, 5) is 45.3. The highest BCUT2D eigenvalue weighted by molar-refractivity contribution is 6.35. The molecule has 2 aromatic carbocycles. The topological polar surface area (TPSA) is 106 Å². The summed E-state index contributed by atoms with van der Waals surface area (Å²) < 4.78 is 5.28. The van der Waals surface area contributed by atoms with E-state index < -0.39 is 5.91 Å². The number of carbonyl (C=O) groups excluding carboxylic acids is 3. The van der Waals surface area contributed by atoms with E-state index in [-0.39, 0.29) is 36.3 Å². The summed E-state index contributed by atoms with van der Waals surface area (Å²) >= 11 is 12.7. The van der Waals surface area contributed by atoms with Crippen molar-refractivity contribution in [2.75, 3.05) is 36.6 Å². The first kappa shape index (κ1) is 24.7. The Hall–Kier alpha value is -3.46. The molecular formula is C25H22Cl2N4O4. The second kappa shape index (κ2) is 10.0. The molecule has 8 nitrogen and oxygen atoms in total. The zero-order valence-electron chi connectivity index (χ0n) is 19.0. The second-order valence-electron chi connectivity index (χ2n) is 8.02. The maximum Gasteiger partial charge on any atom is 0.261 e. The van der Waals surface area contributed by atoms with E-state index in [0.717, 1.165) is 0 Å². The molecular weight excluding hydrogens is 491 g/mol. The Kier molecular flexibility index (Phi) is 7.07. The lowest BCUT2D eigenvalue weighted by atomic mass is 10.0. The van der Waals surface area contributed by atoms with Gasteiger partial charge in [-0.1, -0.05) is 35.3 Å². The average Bonchev–Trinajstić information content (AvgIpc) is 2.83. The van der Waals surface area contributed by atoms with Crippen LogP contribution in [0.1, 0.15) is 26.3 Å². The third kappa shape index (κ3) is 4.86. The molecule has 1 aliphatic heterocycles. The van der Waals surface area contributed by atoms with Gasteiger partial charge in [-0.05, 0) is 42.8 Å². The Morgan fingerprint density at radius 1 is 1.14 bits per heavy atom. The summed E-state index contributed by atoms with van der Waals surface area (Å²) in [5.41, 5.74) is 8.23. The maximum atomic E-state index is 13.4. The van der Waals surface area contributed by atoms with Crippen LogP contribution in [0.5, 0.6) is 0 Å². The Morgan fingerprint density at radius 3 is 2.60 bits per heavy atom. The predicted molar refractivity (Wildman–Crippen MR) is 135 cm³/mol. The minimum absolute atomic E-state index is 0.0944. The van der Waals surface area contributed by atoms with Crippen molar-refractivity contribution in [3.63, 3.8) is 0 Å². The number of hydrogen-bond acceptors (Lipinski definition) is 5. The number of aryl methyl sites for hydroxylation is 1. The van der Waals surface area contributed by atoms with Crippen LogP contribution >= 0.6 is 23.2 Å². The van der Waals surface area contributed by atoms with Gasteiger partial charge in [0.25, 0.3) is 11.8 Å². The number of halogens is 2. The summed E-state index contributed by atoms with van der Waals surface area (Å²) in [6.07, 6.45) is 1.53. The molecule has 1 fully saturated rings. The number of nitrogens with two attached hydrogens (primary N) is 1. The van der Waals surface area contributed by atoms with Crippen LogP contribution in [-0.2, 0) is 9.53 Å². The normalized spacial score (nSPS) is 13.6. The largest absolute Gasteiger partial charge is 0.370 e. The molecule has 4 rings (SSSR count). The second-order valence-corrected chi connectivity index (χ2v) is 8.83. The Labute approximate surface area is 212 Å². The molecule has 3 amide bonds. The first-order valence-electron chi connectivity index (χ1n) is 10.7. The number of benzene rings is 2. The molecule has 0 unspecified atom stereocenters. The highest BCUT2D eigenvalue weighted by Gasteiger charge is 2.28. The summed E-state index contributed by atoms with van der Waals surface area (Å²) in [6, 6.07) is 11.6. The van der Waals surface area contributed by atoms with Gasteiger partial charge in [0, 0.05) is 41.5 Å². The molecule has 0 atom stereocenters. The summed E-state index contributed by atoms with van der Waals surface area (Å²) in [7, 11) is 1.57. The Morgan fingerprint density at radius 2 is 1.91 bits per heavy atom. The number of hydrogen-bond donors (Lipinski definition) is 1. The van der Waals surface area contributed by atoms with Crippen LogP contribution in [0.4, 0.5) is 11.5 Å². The molecule has 1 saturated heterocycles. The van der Waals surface area contributed by atoms with Crippen LogP contribution in [0.2, 0.25) is 10.0 Å². The fourth-order valence-electron chi connectivity index (χ4n) is 3.89. The van der Waals surface area contributed by atoms with Gasteiger partial charge in [-0.15, -0.1) is 0 Å².